The summed E-state index contributed by atoms with van der Waals surface area (Å²) in [6, 6.07) is 44.7. The van der Waals surface area contributed by atoms with Crippen molar-refractivity contribution in [3.8, 4) is 22.4 Å². The average molecular weight is 523 g/mol. The molecule has 0 saturated carbocycles. The molecule has 0 atom stereocenters. The number of hydrogen-bond donors (Lipinski definition) is 0. The number of furan rings is 1. The van der Waals surface area contributed by atoms with Crippen LogP contribution >= 0.6 is 0 Å². The van der Waals surface area contributed by atoms with Crippen molar-refractivity contribution in [2.45, 2.75) is 0 Å². The van der Waals surface area contributed by atoms with Crippen molar-refractivity contribution < 1.29 is 4.42 Å². The topological polar surface area (TPSA) is 38.9 Å². The molecule has 0 amide bonds. The SMILES string of the molecule is c1cc(-c2ccc3c(c2)oc2cc4ccccc4cc23)cc(-c2cnc3c4ccccc4c4ccccc4c3n2)c1. The van der Waals surface area contributed by atoms with Gasteiger partial charge in [-0.25, -0.2) is 4.98 Å². The molecule has 0 unspecified atom stereocenters. The first-order valence-corrected chi connectivity index (χ1v) is 13.8. The lowest BCUT2D eigenvalue weighted by Gasteiger charge is -2.11. The predicted octanol–water partition coefficient (Wildman–Crippen LogP) is 10.3. The van der Waals surface area contributed by atoms with Crippen molar-refractivity contribution in [3.05, 3.63) is 134 Å². The van der Waals surface area contributed by atoms with E-state index in [1.54, 1.807) is 0 Å². The standard InChI is InChI=1S/C38H22N2O/c1-2-9-25-20-36-33(19-24(25)8-1)30-17-16-26(21-35(30)41-36)23-10-7-11-27(18-23)34-22-39-37-31-14-5-3-12-28(31)29-13-4-6-15-32(29)38(37)40-34/h1-22H. The van der Waals surface area contributed by atoms with Crippen molar-refractivity contribution in [1.29, 1.82) is 0 Å². The van der Waals surface area contributed by atoms with Crippen LogP contribution in [0.1, 0.15) is 0 Å². The third-order valence-corrected chi connectivity index (χ3v) is 8.26. The van der Waals surface area contributed by atoms with Crippen LogP contribution in [0.2, 0.25) is 0 Å². The Labute approximate surface area is 235 Å². The van der Waals surface area contributed by atoms with E-state index >= 15 is 0 Å². The zero-order valence-corrected chi connectivity index (χ0v) is 22.0. The lowest BCUT2D eigenvalue weighted by atomic mass is 9.98. The van der Waals surface area contributed by atoms with E-state index in [9.17, 15) is 0 Å². The van der Waals surface area contributed by atoms with E-state index in [1.165, 1.54) is 21.5 Å². The number of fused-ring (bicyclic) bond motifs is 10. The van der Waals surface area contributed by atoms with Gasteiger partial charge >= 0.3 is 0 Å². The Bertz CT molecular complexity index is 2450. The third kappa shape index (κ3) is 3.39. The molecule has 9 rings (SSSR count). The highest BCUT2D eigenvalue weighted by Crippen LogP contribution is 2.37. The van der Waals surface area contributed by atoms with Crippen molar-refractivity contribution in [2.24, 2.45) is 0 Å². The van der Waals surface area contributed by atoms with E-state index in [2.05, 4.69) is 127 Å². The molecule has 0 fully saturated rings. The lowest BCUT2D eigenvalue weighted by molar-refractivity contribution is 0.669. The van der Waals surface area contributed by atoms with Gasteiger partial charge in [0, 0.05) is 27.1 Å². The van der Waals surface area contributed by atoms with Crippen LogP contribution in [-0.2, 0) is 0 Å². The number of nitrogens with zero attached hydrogens (tertiary/aromatic N) is 2. The molecule has 7 aromatic carbocycles. The summed E-state index contributed by atoms with van der Waals surface area (Å²) in [4.78, 5) is 10.1. The molecule has 3 heteroatoms. The van der Waals surface area contributed by atoms with Crippen LogP contribution in [0, 0.1) is 0 Å². The first-order valence-electron chi connectivity index (χ1n) is 13.8. The highest BCUT2D eigenvalue weighted by molar-refractivity contribution is 6.23. The second kappa shape index (κ2) is 8.48. The van der Waals surface area contributed by atoms with Gasteiger partial charge in [-0.2, -0.15) is 0 Å². The minimum absolute atomic E-state index is 0.858. The normalized spacial score (nSPS) is 11.9. The molecule has 0 N–H and O–H groups in total. The quantitative estimate of drug-likeness (QED) is 0.212. The van der Waals surface area contributed by atoms with E-state index in [-0.39, 0.29) is 0 Å². The second-order valence-electron chi connectivity index (χ2n) is 10.6. The fourth-order valence-corrected chi connectivity index (χ4v) is 6.26. The van der Waals surface area contributed by atoms with Gasteiger partial charge in [-0.1, -0.05) is 97.1 Å². The summed E-state index contributed by atoms with van der Waals surface area (Å²) >= 11 is 0. The average Bonchev–Trinajstić information content (AvgIpc) is 3.40. The molecule has 0 bridgehead atoms. The van der Waals surface area contributed by atoms with E-state index in [1.807, 2.05) is 6.20 Å². The van der Waals surface area contributed by atoms with Crippen LogP contribution in [0.15, 0.2) is 138 Å². The molecule has 2 heterocycles. The molecule has 0 aliphatic carbocycles. The maximum absolute atomic E-state index is 6.34. The van der Waals surface area contributed by atoms with Gasteiger partial charge < -0.3 is 4.42 Å². The van der Waals surface area contributed by atoms with Crippen LogP contribution in [0.5, 0.6) is 0 Å². The highest BCUT2D eigenvalue weighted by atomic mass is 16.3. The van der Waals surface area contributed by atoms with Gasteiger partial charge in [0.15, 0.2) is 0 Å². The zero-order chi connectivity index (χ0) is 26.9. The molecular weight excluding hydrogens is 500 g/mol. The van der Waals surface area contributed by atoms with Gasteiger partial charge in [-0.15, -0.1) is 0 Å². The molecule has 0 aliphatic heterocycles. The van der Waals surface area contributed by atoms with Crippen LogP contribution in [-0.4, -0.2) is 9.97 Å². The Hall–Kier alpha value is -5.54. The van der Waals surface area contributed by atoms with Gasteiger partial charge in [0.1, 0.15) is 11.2 Å². The maximum Gasteiger partial charge on any atom is 0.136 e. The van der Waals surface area contributed by atoms with Crippen LogP contribution in [0.3, 0.4) is 0 Å². The van der Waals surface area contributed by atoms with E-state index in [4.69, 9.17) is 14.4 Å². The fourth-order valence-electron chi connectivity index (χ4n) is 6.26. The minimum Gasteiger partial charge on any atom is -0.456 e. The molecule has 0 saturated heterocycles. The summed E-state index contributed by atoms with van der Waals surface area (Å²) < 4.78 is 6.34. The molecule has 2 aromatic heterocycles. The zero-order valence-electron chi connectivity index (χ0n) is 22.0. The first kappa shape index (κ1) is 22.3. The number of aromatic nitrogens is 2. The molecule has 0 aliphatic rings. The molecule has 9 aromatic rings. The molecular formula is C38H22N2O. The summed E-state index contributed by atoms with van der Waals surface area (Å²) in [5.41, 5.74) is 7.77. The van der Waals surface area contributed by atoms with Gasteiger partial charge in [-0.05, 0) is 63.0 Å². The van der Waals surface area contributed by atoms with Crippen molar-refractivity contribution in [2.75, 3.05) is 0 Å². The Kier molecular flexibility index (Phi) is 4.61. The van der Waals surface area contributed by atoms with Gasteiger partial charge in [0.25, 0.3) is 0 Å². The monoisotopic (exact) mass is 522 g/mol. The summed E-state index contributed by atoms with van der Waals surface area (Å²) in [7, 11) is 0. The van der Waals surface area contributed by atoms with E-state index in [0.717, 1.165) is 66.1 Å². The Balaban J connectivity index is 1.18. The van der Waals surface area contributed by atoms with Crippen LogP contribution in [0.25, 0.3) is 87.7 Å². The van der Waals surface area contributed by atoms with Gasteiger partial charge in [0.2, 0.25) is 0 Å². The molecule has 41 heavy (non-hydrogen) atoms. The molecule has 0 spiro atoms. The maximum atomic E-state index is 6.34. The minimum atomic E-state index is 0.858. The Morgan fingerprint density at radius 3 is 1.85 bits per heavy atom. The predicted molar refractivity (Wildman–Crippen MR) is 170 cm³/mol. The molecule has 3 nitrogen and oxygen atoms in total. The number of hydrogen-bond acceptors (Lipinski definition) is 3. The number of benzene rings is 7. The second-order valence-corrected chi connectivity index (χ2v) is 10.6. The smallest absolute Gasteiger partial charge is 0.136 e. The van der Waals surface area contributed by atoms with Crippen LogP contribution < -0.4 is 0 Å². The van der Waals surface area contributed by atoms with Crippen molar-refractivity contribution >= 4 is 65.3 Å². The van der Waals surface area contributed by atoms with Gasteiger partial charge in [-0.3, -0.25) is 4.98 Å². The van der Waals surface area contributed by atoms with Crippen molar-refractivity contribution in [1.82, 2.24) is 9.97 Å². The summed E-state index contributed by atoms with van der Waals surface area (Å²) in [5, 5.41) is 9.32. The molecule has 190 valence electrons. The van der Waals surface area contributed by atoms with E-state index in [0.29, 0.717) is 0 Å². The summed E-state index contributed by atoms with van der Waals surface area (Å²) in [5.74, 6) is 0. The largest absolute Gasteiger partial charge is 0.456 e. The van der Waals surface area contributed by atoms with Crippen LogP contribution in [0.4, 0.5) is 0 Å². The van der Waals surface area contributed by atoms with Crippen molar-refractivity contribution in [3.63, 3.8) is 0 Å². The van der Waals surface area contributed by atoms with E-state index < -0.39 is 0 Å². The Morgan fingerprint density at radius 1 is 0.415 bits per heavy atom. The van der Waals surface area contributed by atoms with Gasteiger partial charge in [0.05, 0.1) is 22.9 Å². The summed E-state index contributed by atoms with van der Waals surface area (Å²) in [6.07, 6.45) is 1.90. The Morgan fingerprint density at radius 2 is 1.05 bits per heavy atom. The summed E-state index contributed by atoms with van der Waals surface area (Å²) in [6.45, 7) is 0. The first-order chi connectivity index (χ1) is 20.3. The third-order valence-electron chi connectivity index (χ3n) is 8.26. The number of rotatable bonds is 2. The highest BCUT2D eigenvalue weighted by Gasteiger charge is 2.13. The fraction of sp³-hybridized carbons (Fsp3) is 0. The lowest BCUT2D eigenvalue weighted by Crippen LogP contribution is -1.92. The molecule has 0 radical (unpaired) electrons.